The number of benzene rings is 2. The van der Waals surface area contributed by atoms with Gasteiger partial charge in [-0.15, -0.1) is 0 Å². The van der Waals surface area contributed by atoms with E-state index in [2.05, 4.69) is 57.4 Å². The summed E-state index contributed by atoms with van der Waals surface area (Å²) in [6, 6.07) is 16.8. The minimum atomic E-state index is 0.453. The van der Waals surface area contributed by atoms with Crippen LogP contribution in [-0.2, 0) is 13.1 Å². The van der Waals surface area contributed by atoms with Crippen molar-refractivity contribution in [2.24, 2.45) is 11.7 Å². The highest BCUT2D eigenvalue weighted by Crippen LogP contribution is 2.36. The summed E-state index contributed by atoms with van der Waals surface area (Å²) >= 11 is 0. The third-order valence-corrected chi connectivity index (χ3v) is 7.08. The third-order valence-electron chi connectivity index (χ3n) is 7.08. The van der Waals surface area contributed by atoms with Gasteiger partial charge in [-0.1, -0.05) is 49.6 Å². The lowest BCUT2D eigenvalue weighted by molar-refractivity contribution is 0.309. The molecule has 1 fully saturated rings. The lowest BCUT2D eigenvalue weighted by Crippen LogP contribution is -2.14. The van der Waals surface area contributed by atoms with Gasteiger partial charge >= 0.3 is 0 Å². The number of rotatable bonds is 5. The van der Waals surface area contributed by atoms with Crippen molar-refractivity contribution < 1.29 is 0 Å². The number of hydrogen-bond donors (Lipinski definition) is 2. The van der Waals surface area contributed by atoms with E-state index in [1.165, 1.54) is 38.4 Å². The second-order valence-corrected chi connectivity index (χ2v) is 9.38. The Bertz CT molecular complexity index is 1470. The monoisotopic (exact) mass is 451 g/mol. The average molecular weight is 452 g/mol. The van der Waals surface area contributed by atoms with Gasteiger partial charge in [-0.05, 0) is 48.1 Å². The van der Waals surface area contributed by atoms with Crippen molar-refractivity contribution >= 4 is 22.2 Å². The Labute approximate surface area is 198 Å². The molecule has 7 nitrogen and oxygen atoms in total. The molecule has 0 atom stereocenters. The van der Waals surface area contributed by atoms with Gasteiger partial charge in [0.2, 0.25) is 0 Å². The predicted octanol–water partition coefficient (Wildman–Crippen LogP) is 5.03. The van der Waals surface area contributed by atoms with E-state index in [1.807, 2.05) is 16.6 Å². The van der Waals surface area contributed by atoms with Crippen LogP contribution in [0.5, 0.6) is 0 Å². The van der Waals surface area contributed by atoms with E-state index in [0.717, 1.165) is 56.8 Å². The van der Waals surface area contributed by atoms with Gasteiger partial charge in [-0.2, -0.15) is 10.2 Å². The van der Waals surface area contributed by atoms with Crippen LogP contribution in [0.1, 0.15) is 37.7 Å². The Balaban J connectivity index is 1.43. The molecule has 5 aromatic rings. The molecule has 0 radical (unpaired) electrons. The van der Waals surface area contributed by atoms with Gasteiger partial charge in [0.15, 0.2) is 5.82 Å². The Kier molecular flexibility index (Phi) is 5.26. The number of hydrogen-bond acceptors (Lipinski definition) is 5. The van der Waals surface area contributed by atoms with Crippen molar-refractivity contribution in [1.82, 2.24) is 24.4 Å². The first-order valence-corrected chi connectivity index (χ1v) is 12.1. The third kappa shape index (κ3) is 3.72. The lowest BCUT2D eigenvalue weighted by atomic mass is 9.89. The molecule has 0 saturated heterocycles. The first kappa shape index (κ1) is 20.9. The van der Waals surface area contributed by atoms with Crippen LogP contribution < -0.4 is 11.5 Å². The second-order valence-electron chi connectivity index (χ2n) is 9.38. The van der Waals surface area contributed by atoms with Crippen molar-refractivity contribution in [2.75, 3.05) is 5.73 Å². The fourth-order valence-electron chi connectivity index (χ4n) is 5.31. The molecule has 0 spiro atoms. The summed E-state index contributed by atoms with van der Waals surface area (Å²) in [5.74, 6) is 1.19. The van der Waals surface area contributed by atoms with Gasteiger partial charge in [-0.25, -0.2) is 9.50 Å². The standard InChI is InChI=1S/C27H29N7/c28-14-19-7-4-8-21(11-19)25-13-23(26-27(29)30-17-31-34(25)26)20-9-10-22-16-33(32-24(22)12-20)15-18-5-2-1-3-6-18/h4,7-13,16-18H,1-3,5-6,14-15,28H2,(H2,29,30,31). The van der Waals surface area contributed by atoms with Crippen molar-refractivity contribution in [3.05, 3.63) is 66.6 Å². The first-order valence-electron chi connectivity index (χ1n) is 12.1. The molecule has 3 aromatic heterocycles. The lowest BCUT2D eigenvalue weighted by Gasteiger charge is -2.21. The molecule has 3 heterocycles. The van der Waals surface area contributed by atoms with Gasteiger partial charge < -0.3 is 11.5 Å². The van der Waals surface area contributed by atoms with Crippen LogP contribution in [0.2, 0.25) is 0 Å². The molecular formula is C27H29N7. The van der Waals surface area contributed by atoms with Crippen LogP contribution in [0, 0.1) is 5.92 Å². The van der Waals surface area contributed by atoms with Crippen LogP contribution in [-0.4, -0.2) is 24.4 Å². The summed E-state index contributed by atoms with van der Waals surface area (Å²) in [5, 5.41) is 10.6. The molecule has 34 heavy (non-hydrogen) atoms. The van der Waals surface area contributed by atoms with Crippen molar-refractivity contribution in [1.29, 1.82) is 0 Å². The van der Waals surface area contributed by atoms with Crippen molar-refractivity contribution in [2.45, 2.75) is 45.2 Å². The summed E-state index contributed by atoms with van der Waals surface area (Å²) in [6.07, 6.45) is 10.4. The number of fused-ring (bicyclic) bond motifs is 2. The molecule has 4 N–H and O–H groups in total. The van der Waals surface area contributed by atoms with E-state index < -0.39 is 0 Å². The quantitative estimate of drug-likeness (QED) is 0.390. The maximum atomic E-state index is 6.35. The maximum absolute atomic E-state index is 6.35. The fourth-order valence-corrected chi connectivity index (χ4v) is 5.31. The zero-order valence-electron chi connectivity index (χ0n) is 19.2. The van der Waals surface area contributed by atoms with E-state index in [-0.39, 0.29) is 0 Å². The minimum absolute atomic E-state index is 0.453. The molecule has 1 aliphatic carbocycles. The van der Waals surface area contributed by atoms with E-state index in [1.54, 1.807) is 0 Å². The van der Waals surface area contributed by atoms with Gasteiger partial charge in [0, 0.05) is 35.8 Å². The fraction of sp³-hybridized carbons (Fsp3) is 0.296. The van der Waals surface area contributed by atoms with Crippen LogP contribution in [0.15, 0.2) is 61.1 Å². The molecule has 1 saturated carbocycles. The van der Waals surface area contributed by atoms with Crippen LogP contribution in [0.4, 0.5) is 5.82 Å². The molecule has 0 amide bonds. The van der Waals surface area contributed by atoms with E-state index >= 15 is 0 Å². The molecule has 172 valence electrons. The smallest absolute Gasteiger partial charge is 0.152 e. The van der Waals surface area contributed by atoms with E-state index in [4.69, 9.17) is 16.6 Å². The van der Waals surface area contributed by atoms with E-state index in [9.17, 15) is 0 Å². The SMILES string of the molecule is NCc1cccc(-c2cc(-c3ccc4cn(CC5CCCCC5)nc4c3)c3c(N)ncnn23)c1. The summed E-state index contributed by atoms with van der Waals surface area (Å²) in [4.78, 5) is 4.27. The van der Waals surface area contributed by atoms with Crippen LogP contribution in [0.25, 0.3) is 38.8 Å². The maximum Gasteiger partial charge on any atom is 0.152 e. The zero-order chi connectivity index (χ0) is 23.1. The van der Waals surface area contributed by atoms with Crippen molar-refractivity contribution in [3.8, 4) is 22.4 Å². The van der Waals surface area contributed by atoms with Gasteiger partial charge in [0.1, 0.15) is 11.8 Å². The summed E-state index contributed by atoms with van der Waals surface area (Å²) < 4.78 is 4.00. The molecular weight excluding hydrogens is 422 g/mol. The minimum Gasteiger partial charge on any atom is -0.382 e. The van der Waals surface area contributed by atoms with Gasteiger partial charge in [0.05, 0.1) is 11.2 Å². The predicted molar refractivity (Wildman–Crippen MR) is 136 cm³/mol. The Morgan fingerprint density at radius 2 is 1.85 bits per heavy atom. The van der Waals surface area contributed by atoms with Crippen LogP contribution in [0.3, 0.4) is 0 Å². The number of nitrogens with two attached hydrogens (primary N) is 2. The Hall–Kier alpha value is -3.71. The average Bonchev–Trinajstić information content (AvgIpc) is 3.46. The molecule has 0 unspecified atom stereocenters. The highest BCUT2D eigenvalue weighted by atomic mass is 15.3. The highest BCUT2D eigenvalue weighted by molar-refractivity contribution is 5.94. The number of nitrogen functional groups attached to an aromatic ring is 1. The normalized spacial score (nSPS) is 14.9. The Morgan fingerprint density at radius 1 is 0.971 bits per heavy atom. The second kappa shape index (κ2) is 8.57. The summed E-state index contributed by atoms with van der Waals surface area (Å²) in [7, 11) is 0. The highest BCUT2D eigenvalue weighted by Gasteiger charge is 2.18. The molecule has 0 bridgehead atoms. The number of aromatic nitrogens is 5. The Morgan fingerprint density at radius 3 is 2.71 bits per heavy atom. The molecule has 2 aromatic carbocycles. The molecule has 6 rings (SSSR count). The largest absolute Gasteiger partial charge is 0.382 e. The zero-order valence-corrected chi connectivity index (χ0v) is 19.2. The summed E-state index contributed by atoms with van der Waals surface area (Å²) in [5.41, 5.74) is 19.1. The van der Waals surface area contributed by atoms with E-state index in [0.29, 0.717) is 12.4 Å². The van der Waals surface area contributed by atoms with Crippen LogP contribution >= 0.6 is 0 Å². The molecule has 7 heteroatoms. The van der Waals surface area contributed by atoms with Gasteiger partial charge in [0.25, 0.3) is 0 Å². The number of anilines is 1. The molecule has 0 aliphatic heterocycles. The number of nitrogens with zero attached hydrogens (tertiary/aromatic N) is 5. The summed E-state index contributed by atoms with van der Waals surface area (Å²) in [6.45, 7) is 1.49. The topological polar surface area (TPSA) is 100 Å². The first-order chi connectivity index (χ1) is 16.7. The molecule has 1 aliphatic rings. The van der Waals surface area contributed by atoms with Crippen molar-refractivity contribution in [3.63, 3.8) is 0 Å². The van der Waals surface area contributed by atoms with Gasteiger partial charge in [-0.3, -0.25) is 4.68 Å².